The summed E-state index contributed by atoms with van der Waals surface area (Å²) in [5.41, 5.74) is 15.3. The molecule has 70 heavy (non-hydrogen) atoms. The zero-order valence-corrected chi connectivity index (χ0v) is 39.4. The maximum Gasteiger partial charge on any atom is 0.237 e. The fraction of sp³-hybridized carbons (Fsp3) is 0.0968. The van der Waals surface area contributed by atoms with Crippen LogP contribution >= 0.6 is 0 Å². The first-order valence-corrected chi connectivity index (χ1v) is 23.9. The van der Waals surface area contributed by atoms with Gasteiger partial charge in [-0.2, -0.15) is 9.97 Å². The molecule has 0 unspecified atom stereocenters. The van der Waals surface area contributed by atoms with Crippen molar-refractivity contribution in [1.29, 1.82) is 0 Å². The second-order valence-corrected chi connectivity index (χ2v) is 18.3. The molecular formula is C62H48N8. The number of para-hydroxylation sites is 2. The second kappa shape index (κ2) is 17.3. The molecule has 5 aromatic heterocycles. The Kier molecular flexibility index (Phi) is 10.5. The maximum absolute atomic E-state index is 5.49. The molecule has 0 bridgehead atoms. The third kappa shape index (κ3) is 7.15. The lowest BCUT2D eigenvalue weighted by atomic mass is 9.73. The van der Waals surface area contributed by atoms with E-state index in [0.29, 0.717) is 23.2 Å². The molecule has 8 heteroatoms. The van der Waals surface area contributed by atoms with E-state index in [1.54, 1.807) is 12.4 Å². The lowest BCUT2D eigenvalue weighted by Crippen LogP contribution is -2.31. The summed E-state index contributed by atoms with van der Waals surface area (Å²) < 4.78 is 2.19. The summed E-state index contributed by atoms with van der Waals surface area (Å²) in [6.07, 6.45) is 4.85. The van der Waals surface area contributed by atoms with E-state index in [1.807, 2.05) is 24.3 Å². The first-order valence-electron chi connectivity index (χ1n) is 23.9. The van der Waals surface area contributed by atoms with Gasteiger partial charge < -0.3 is 0 Å². The predicted octanol–water partition coefficient (Wildman–Crippen LogP) is 15.7. The van der Waals surface area contributed by atoms with Crippen LogP contribution in [0.4, 0.5) is 17.3 Å². The van der Waals surface area contributed by atoms with Gasteiger partial charge in [-0.25, -0.2) is 19.9 Å². The average molecular weight is 905 g/mol. The number of hydrogen-bond acceptors (Lipinski definition) is 7. The molecule has 13 rings (SSSR count). The Hall–Kier alpha value is -8.88. The lowest BCUT2D eigenvalue weighted by Gasteiger charge is -2.41. The van der Waals surface area contributed by atoms with Crippen molar-refractivity contribution in [3.05, 3.63) is 218 Å². The quantitative estimate of drug-likeness (QED) is 0.164. The van der Waals surface area contributed by atoms with Gasteiger partial charge in [0.2, 0.25) is 11.9 Å². The van der Waals surface area contributed by atoms with Crippen molar-refractivity contribution in [2.75, 3.05) is 4.90 Å². The van der Waals surface area contributed by atoms with Gasteiger partial charge in [0.15, 0.2) is 11.3 Å². The monoisotopic (exact) mass is 904 g/mol. The van der Waals surface area contributed by atoms with Gasteiger partial charge in [-0.05, 0) is 81.9 Å². The zero-order valence-electron chi connectivity index (χ0n) is 39.4. The highest BCUT2D eigenvalue weighted by atomic mass is 15.3. The Morgan fingerprint density at radius 1 is 0.386 bits per heavy atom. The van der Waals surface area contributed by atoms with Crippen molar-refractivity contribution in [2.24, 2.45) is 0 Å². The highest BCUT2D eigenvalue weighted by Gasteiger charge is 2.39. The first-order chi connectivity index (χ1) is 34.4. The first kappa shape index (κ1) is 42.5. The van der Waals surface area contributed by atoms with Crippen LogP contribution in [-0.2, 0) is 5.41 Å². The molecular weight excluding hydrogens is 857 g/mol. The van der Waals surface area contributed by atoms with Crippen LogP contribution in [0.15, 0.2) is 207 Å². The molecule has 0 fully saturated rings. The summed E-state index contributed by atoms with van der Waals surface area (Å²) in [4.78, 5) is 33.3. The third-order valence-electron chi connectivity index (χ3n) is 13.4. The van der Waals surface area contributed by atoms with Gasteiger partial charge in [0.05, 0.1) is 33.8 Å². The number of benzene rings is 7. The molecule has 0 aliphatic carbocycles. The highest BCUT2D eigenvalue weighted by Crippen LogP contribution is 2.53. The normalized spacial score (nSPS) is 12.7. The van der Waals surface area contributed by atoms with Crippen molar-refractivity contribution >= 4 is 61.2 Å². The van der Waals surface area contributed by atoms with Crippen LogP contribution in [0.5, 0.6) is 0 Å². The minimum absolute atomic E-state index is 0.381. The van der Waals surface area contributed by atoms with Gasteiger partial charge in [-0.1, -0.05) is 180 Å². The Balaban J connectivity index is 0.00000164. The zero-order chi connectivity index (χ0) is 47.3. The van der Waals surface area contributed by atoms with Crippen molar-refractivity contribution in [3.63, 3.8) is 0 Å². The van der Waals surface area contributed by atoms with Gasteiger partial charge in [-0.3, -0.25) is 9.47 Å². The van der Waals surface area contributed by atoms with E-state index in [1.165, 1.54) is 12.0 Å². The summed E-state index contributed by atoms with van der Waals surface area (Å²) in [7, 11) is 0. The van der Waals surface area contributed by atoms with Crippen molar-refractivity contribution < 1.29 is 0 Å². The Bertz CT molecular complexity index is 3900. The molecule has 0 radical (unpaired) electrons. The number of fused-ring (bicyclic) bond motifs is 7. The molecule has 7 aromatic carbocycles. The smallest absolute Gasteiger partial charge is 0.237 e. The number of hydrogen-bond donors (Lipinski definition) is 0. The van der Waals surface area contributed by atoms with Crippen LogP contribution in [0.1, 0.15) is 45.2 Å². The molecule has 12 aromatic rings. The third-order valence-corrected chi connectivity index (χ3v) is 13.4. The Labute approximate surface area is 406 Å². The van der Waals surface area contributed by atoms with Crippen LogP contribution in [-0.4, -0.2) is 34.5 Å². The minimum Gasteiger partial charge on any atom is -0.278 e. The molecule has 0 spiro atoms. The van der Waals surface area contributed by atoms with E-state index >= 15 is 0 Å². The number of aromatic nitrogens is 7. The second-order valence-electron chi connectivity index (χ2n) is 18.3. The van der Waals surface area contributed by atoms with Gasteiger partial charge in [0.25, 0.3) is 0 Å². The Morgan fingerprint density at radius 2 is 0.857 bits per heavy atom. The summed E-state index contributed by atoms with van der Waals surface area (Å²) in [6.45, 7) is 8.87. The van der Waals surface area contributed by atoms with Crippen molar-refractivity contribution in [2.45, 2.75) is 39.5 Å². The van der Waals surface area contributed by atoms with E-state index in [-0.39, 0.29) is 5.41 Å². The van der Waals surface area contributed by atoms with Crippen molar-refractivity contribution in [1.82, 2.24) is 34.5 Å². The number of rotatable bonds is 6. The number of anilines is 3. The molecule has 1 aliphatic rings. The van der Waals surface area contributed by atoms with E-state index < -0.39 is 0 Å². The topological polar surface area (TPSA) is 85.5 Å². The predicted molar refractivity (Wildman–Crippen MR) is 287 cm³/mol. The number of nitrogens with zero attached hydrogens (tertiary/aromatic N) is 8. The summed E-state index contributed by atoms with van der Waals surface area (Å²) >= 11 is 0. The molecule has 336 valence electrons. The molecule has 1 aliphatic heterocycles. The molecule has 8 nitrogen and oxygen atoms in total. The van der Waals surface area contributed by atoms with E-state index in [9.17, 15) is 0 Å². The van der Waals surface area contributed by atoms with Gasteiger partial charge in [0.1, 0.15) is 0 Å². The fourth-order valence-electron chi connectivity index (χ4n) is 10.0. The van der Waals surface area contributed by atoms with Crippen LogP contribution < -0.4 is 4.90 Å². The maximum atomic E-state index is 5.49. The molecule has 0 N–H and O–H groups in total. The van der Waals surface area contributed by atoms with Gasteiger partial charge in [0, 0.05) is 50.5 Å². The molecule has 6 heterocycles. The number of pyridine rings is 2. The molecule has 0 saturated carbocycles. The summed E-state index contributed by atoms with van der Waals surface area (Å²) in [6, 6.07) is 67.9. The molecule has 0 atom stereocenters. The standard InChI is InChI=1S/C59H40N8.C3H8/c1-59(2)47-22-10-12-24-50(47)67(58-63-54(45-21-14-34-61-56(45)65-58)42-31-27-40(28-32-42)38-17-7-4-8-18-38)52-36-51-46(35-48(52)59)43-19-9-11-23-49(43)66(51)57-62-53(44-20-13-33-60-55(44)64-57)41-29-25-39(26-30-41)37-15-5-3-6-16-37;1-3-2/h3-36H,1-2H3;3H2,1-2H3. The molecule has 0 amide bonds. The fourth-order valence-corrected chi connectivity index (χ4v) is 10.0. The SMILES string of the molecule is CC1(C)c2ccccc2N(c2nc(-c3ccc(-c4ccccc4)cc3)c3cccnc3n2)c2cc3c(cc21)c1ccccc1n3-c1nc(-c2ccc(-c3ccccc3)cc2)c2cccnc2n1.CCC. The summed E-state index contributed by atoms with van der Waals surface area (Å²) in [5, 5.41) is 3.97. The van der Waals surface area contributed by atoms with E-state index in [4.69, 9.17) is 29.9 Å². The van der Waals surface area contributed by atoms with E-state index in [2.05, 4.69) is 207 Å². The molecule has 0 saturated heterocycles. The van der Waals surface area contributed by atoms with Gasteiger partial charge >= 0.3 is 0 Å². The lowest BCUT2D eigenvalue weighted by molar-refractivity contribution is 0.632. The largest absolute Gasteiger partial charge is 0.278 e. The van der Waals surface area contributed by atoms with Crippen LogP contribution in [0.3, 0.4) is 0 Å². The van der Waals surface area contributed by atoms with Crippen LogP contribution in [0.25, 0.3) is 94.6 Å². The average Bonchev–Trinajstić information content (AvgIpc) is 3.74. The Morgan fingerprint density at radius 3 is 1.46 bits per heavy atom. The van der Waals surface area contributed by atoms with Crippen molar-refractivity contribution in [3.8, 4) is 50.7 Å². The minimum atomic E-state index is -0.381. The van der Waals surface area contributed by atoms with Gasteiger partial charge in [-0.15, -0.1) is 0 Å². The van der Waals surface area contributed by atoms with E-state index in [0.717, 1.165) is 94.3 Å². The van der Waals surface area contributed by atoms with Crippen LogP contribution in [0, 0.1) is 0 Å². The summed E-state index contributed by atoms with van der Waals surface area (Å²) in [5.74, 6) is 1.07. The van der Waals surface area contributed by atoms with Crippen LogP contribution in [0.2, 0.25) is 0 Å². The highest BCUT2D eigenvalue weighted by molar-refractivity contribution is 6.11.